The number of nitrogens with one attached hydrogen (secondary N) is 2. The third-order valence-electron chi connectivity index (χ3n) is 9.72. The second kappa shape index (κ2) is 18.1. The van der Waals surface area contributed by atoms with Crippen molar-refractivity contribution >= 4 is 39.1 Å². The van der Waals surface area contributed by atoms with Gasteiger partial charge >= 0.3 is 0 Å². The van der Waals surface area contributed by atoms with Gasteiger partial charge in [-0.2, -0.15) is 0 Å². The van der Waals surface area contributed by atoms with Gasteiger partial charge in [0.05, 0.1) is 12.1 Å². The van der Waals surface area contributed by atoms with Crippen LogP contribution in [0.15, 0.2) is 60.7 Å². The molecule has 3 heterocycles. The Balaban J connectivity index is 1.48. The van der Waals surface area contributed by atoms with E-state index in [1.165, 1.54) is 0 Å². The number of amides is 3. The Labute approximate surface area is 298 Å². The van der Waals surface area contributed by atoms with E-state index in [1.807, 2.05) is 83.7 Å². The van der Waals surface area contributed by atoms with Crippen LogP contribution in [0.2, 0.25) is 0 Å². The number of hydrogen-bond acceptors (Lipinski definition) is 7. The van der Waals surface area contributed by atoms with E-state index in [4.69, 9.17) is 11.5 Å². The number of nitrogens with zero attached hydrogens (tertiary/aromatic N) is 2. The monoisotopic (exact) mass is 708 g/mol. The number of piperidine rings is 1. The fourth-order valence-corrected chi connectivity index (χ4v) is 8.01. The van der Waals surface area contributed by atoms with Crippen molar-refractivity contribution in [3.63, 3.8) is 0 Å². The number of nitrogens with two attached hydrogens (primary N) is 2. The summed E-state index contributed by atoms with van der Waals surface area (Å²) in [5.41, 5.74) is 13.8. The van der Waals surface area contributed by atoms with Crippen LogP contribution in [0, 0.1) is 11.8 Å². The van der Waals surface area contributed by atoms with Crippen molar-refractivity contribution in [1.82, 2.24) is 19.8 Å². The molecule has 3 fully saturated rings. The van der Waals surface area contributed by atoms with Gasteiger partial charge in [-0.3, -0.25) is 23.4 Å². The number of Topliss-reactive ketones (excluding diaryl/α,β-unsaturated/α-hetero) is 1. The molecule has 5 rings (SSSR count). The SMILES string of the molecule is C=S(C)(=O)N1CC2CC(C1)N2C(=O)C(CCCCN)NC(=O)C(CC(=O)C(Cc1ccccc1)NC(=O)C(N)Cc1ccccc1)CC(C)C. The molecule has 0 radical (unpaired) electrons. The topological polar surface area (TPSA) is 168 Å². The maximum absolute atomic E-state index is 14.0. The number of ketones is 1. The van der Waals surface area contributed by atoms with E-state index in [-0.39, 0.29) is 48.4 Å². The summed E-state index contributed by atoms with van der Waals surface area (Å²) in [7, 11) is -2.38. The maximum atomic E-state index is 14.0. The Morgan fingerprint density at radius 3 is 1.98 bits per heavy atom. The Bertz CT molecular complexity index is 1540. The summed E-state index contributed by atoms with van der Waals surface area (Å²) in [5, 5.41) is 5.92. The van der Waals surface area contributed by atoms with E-state index in [9.17, 15) is 23.4 Å². The molecule has 2 aromatic carbocycles. The Kier molecular flexibility index (Phi) is 14.2. The number of rotatable bonds is 19. The van der Waals surface area contributed by atoms with Crippen LogP contribution in [-0.4, -0.2) is 98.9 Å². The van der Waals surface area contributed by atoms with Crippen LogP contribution in [0.25, 0.3) is 0 Å². The van der Waals surface area contributed by atoms with Crippen LogP contribution < -0.4 is 22.1 Å². The van der Waals surface area contributed by atoms with Crippen LogP contribution in [0.1, 0.15) is 63.5 Å². The number of unbranched alkanes of at least 4 members (excludes halogenated alkanes) is 1. The molecule has 2 aromatic rings. The standard InChI is InChI=1S/C38H56N6O5S/c1-26(2)19-29(36(46)41-33(17-11-12-18-39)38(48)44-30-23-31(44)25-43(24-30)50(3,4)49)22-35(45)34(21-28-15-9-6-10-16-28)42-37(47)32(40)20-27-13-7-5-8-14-27/h5-10,13-16,26,29-34H,3,11-12,17-25,39-40H2,1-2,4H3,(H,41,46)(H,42,47). The lowest BCUT2D eigenvalue weighted by molar-refractivity contribution is -0.154. The molecule has 2 bridgehead atoms. The van der Waals surface area contributed by atoms with Crippen molar-refractivity contribution in [3.05, 3.63) is 71.8 Å². The summed E-state index contributed by atoms with van der Waals surface area (Å²) in [6.45, 7) is 5.42. The molecule has 6 N–H and O–H groups in total. The zero-order valence-electron chi connectivity index (χ0n) is 29.8. The largest absolute Gasteiger partial charge is 0.345 e. The van der Waals surface area contributed by atoms with E-state index in [1.54, 1.807) is 6.26 Å². The molecule has 0 saturated carbocycles. The first-order chi connectivity index (χ1) is 23.8. The zero-order chi connectivity index (χ0) is 36.4. The number of carbonyl (C=O) groups is 4. The fraction of sp³-hybridized carbons (Fsp3) is 0.553. The average Bonchev–Trinajstić information content (AvgIpc) is 3.07. The van der Waals surface area contributed by atoms with E-state index >= 15 is 0 Å². The second-order valence-corrected chi connectivity index (χ2v) is 16.9. The van der Waals surface area contributed by atoms with Gasteiger partial charge < -0.3 is 27.0 Å². The van der Waals surface area contributed by atoms with Gasteiger partial charge in [0, 0.05) is 53.5 Å². The molecule has 0 aromatic heterocycles. The van der Waals surface area contributed by atoms with E-state index in [2.05, 4.69) is 16.5 Å². The van der Waals surface area contributed by atoms with Gasteiger partial charge in [-0.05, 0) is 74.4 Å². The lowest BCUT2D eigenvalue weighted by Crippen LogP contribution is -2.72. The van der Waals surface area contributed by atoms with Gasteiger partial charge in [0.25, 0.3) is 0 Å². The maximum Gasteiger partial charge on any atom is 0.245 e. The van der Waals surface area contributed by atoms with Crippen molar-refractivity contribution in [2.75, 3.05) is 25.9 Å². The number of fused-ring (bicyclic) bond motifs is 2. The summed E-state index contributed by atoms with van der Waals surface area (Å²) in [4.78, 5) is 57.2. The number of carbonyl (C=O) groups excluding carboxylic acids is 4. The fourth-order valence-electron chi connectivity index (χ4n) is 7.04. The van der Waals surface area contributed by atoms with Crippen molar-refractivity contribution in [3.8, 4) is 0 Å². The van der Waals surface area contributed by atoms with Crippen LogP contribution >= 0.6 is 0 Å². The lowest BCUT2D eigenvalue weighted by Gasteiger charge is -2.57. The minimum absolute atomic E-state index is 0.0821. The predicted octanol–water partition coefficient (Wildman–Crippen LogP) is 2.07. The Morgan fingerprint density at radius 1 is 0.880 bits per heavy atom. The van der Waals surface area contributed by atoms with Crippen molar-refractivity contribution < 1.29 is 23.4 Å². The van der Waals surface area contributed by atoms with Gasteiger partial charge in [-0.15, -0.1) is 0 Å². The molecule has 12 heteroatoms. The first-order valence-corrected chi connectivity index (χ1v) is 19.9. The first-order valence-electron chi connectivity index (χ1n) is 17.8. The van der Waals surface area contributed by atoms with Crippen molar-refractivity contribution in [2.45, 2.75) is 95.4 Å². The van der Waals surface area contributed by atoms with Crippen molar-refractivity contribution in [2.24, 2.45) is 23.3 Å². The summed E-state index contributed by atoms with van der Waals surface area (Å²) < 4.78 is 14.4. The van der Waals surface area contributed by atoms with Crippen LogP contribution in [0.3, 0.4) is 0 Å². The van der Waals surface area contributed by atoms with Crippen LogP contribution in [0.5, 0.6) is 0 Å². The minimum Gasteiger partial charge on any atom is -0.345 e. The van der Waals surface area contributed by atoms with E-state index in [0.29, 0.717) is 51.7 Å². The number of hydrogen-bond donors (Lipinski definition) is 4. The van der Waals surface area contributed by atoms with Gasteiger partial charge in [0.15, 0.2) is 5.78 Å². The smallest absolute Gasteiger partial charge is 0.245 e. The highest BCUT2D eigenvalue weighted by Crippen LogP contribution is 2.34. The normalized spacial score (nSPS) is 20.9. The highest BCUT2D eigenvalue weighted by molar-refractivity contribution is 7.97. The average molecular weight is 709 g/mol. The summed E-state index contributed by atoms with van der Waals surface area (Å²) in [5.74, 6) is 1.99. The molecule has 11 nitrogen and oxygen atoms in total. The molecule has 3 aliphatic rings. The number of piperazine rings is 1. The first kappa shape index (κ1) is 39.2. The highest BCUT2D eigenvalue weighted by Gasteiger charge is 2.49. The number of benzene rings is 2. The van der Waals surface area contributed by atoms with Crippen molar-refractivity contribution in [1.29, 1.82) is 0 Å². The van der Waals surface area contributed by atoms with Gasteiger partial charge in [-0.1, -0.05) is 74.5 Å². The molecule has 7 atom stereocenters. The van der Waals surface area contributed by atoms with Gasteiger partial charge in [0.2, 0.25) is 17.7 Å². The molecule has 7 unspecified atom stereocenters. The lowest BCUT2D eigenvalue weighted by atomic mass is 9.86. The molecule has 274 valence electrons. The Morgan fingerprint density at radius 2 is 1.44 bits per heavy atom. The molecule has 3 saturated heterocycles. The van der Waals surface area contributed by atoms with Crippen LogP contribution in [-0.2, 0) is 41.7 Å². The molecular weight excluding hydrogens is 653 g/mol. The molecule has 3 amide bonds. The van der Waals surface area contributed by atoms with E-state index < -0.39 is 39.7 Å². The molecule has 0 spiro atoms. The second-order valence-electron chi connectivity index (χ2n) is 14.5. The third-order valence-corrected chi connectivity index (χ3v) is 11.1. The molecule has 0 aliphatic carbocycles. The van der Waals surface area contributed by atoms with Gasteiger partial charge in [-0.25, -0.2) is 4.31 Å². The summed E-state index contributed by atoms with van der Waals surface area (Å²) >= 11 is 0. The van der Waals surface area contributed by atoms with Crippen LogP contribution in [0.4, 0.5) is 0 Å². The van der Waals surface area contributed by atoms with E-state index in [0.717, 1.165) is 17.5 Å². The Hall–Kier alpha value is -3.58. The molecule has 3 aliphatic heterocycles. The molecular formula is C38H56N6O5S. The quantitative estimate of drug-likeness (QED) is 0.128. The third kappa shape index (κ3) is 11.0. The summed E-state index contributed by atoms with van der Waals surface area (Å²) in [6.07, 6.45) is 5.14. The minimum atomic E-state index is -2.38. The predicted molar refractivity (Wildman–Crippen MR) is 199 cm³/mol. The molecule has 50 heavy (non-hydrogen) atoms. The highest BCUT2D eigenvalue weighted by atomic mass is 32.2. The summed E-state index contributed by atoms with van der Waals surface area (Å²) in [6, 6.07) is 16.2. The van der Waals surface area contributed by atoms with Gasteiger partial charge in [0.1, 0.15) is 6.04 Å². The zero-order valence-corrected chi connectivity index (χ0v) is 30.6.